The Morgan fingerprint density at radius 1 is 1.20 bits per heavy atom. The fourth-order valence-electron chi connectivity index (χ4n) is 3.64. The first-order chi connectivity index (χ1) is 12.1. The standard InChI is InChI=1S/C21H20N2O2/c1-14-7-9-18-17(11-14)12-19(15-5-3-2-4-6-15)23(18)20-10-8-16(13-22-20)21(24)25/h2-6,8,10,12-14H,7,9,11H2,1H3,(H,24,25). The van der Waals surface area contributed by atoms with E-state index >= 15 is 0 Å². The van der Waals surface area contributed by atoms with Crippen molar-refractivity contribution in [1.29, 1.82) is 0 Å². The maximum Gasteiger partial charge on any atom is 0.337 e. The molecule has 0 radical (unpaired) electrons. The number of pyridine rings is 1. The molecule has 0 fully saturated rings. The highest BCUT2D eigenvalue weighted by Gasteiger charge is 2.23. The number of hydrogen-bond acceptors (Lipinski definition) is 2. The van der Waals surface area contributed by atoms with Crippen molar-refractivity contribution in [2.75, 3.05) is 0 Å². The minimum Gasteiger partial charge on any atom is -0.478 e. The summed E-state index contributed by atoms with van der Waals surface area (Å²) in [5, 5.41) is 9.11. The maximum absolute atomic E-state index is 11.1. The molecule has 1 aliphatic carbocycles. The van der Waals surface area contributed by atoms with Gasteiger partial charge < -0.3 is 5.11 Å². The number of carbonyl (C=O) groups is 1. The van der Waals surface area contributed by atoms with E-state index in [0.717, 1.165) is 29.9 Å². The molecule has 4 heteroatoms. The summed E-state index contributed by atoms with van der Waals surface area (Å²) in [4.78, 5) is 15.5. The second-order valence-corrected chi connectivity index (χ2v) is 6.76. The summed E-state index contributed by atoms with van der Waals surface area (Å²) in [5.41, 5.74) is 5.15. The molecule has 1 aliphatic rings. The molecule has 1 N–H and O–H groups in total. The van der Waals surface area contributed by atoms with E-state index in [1.54, 1.807) is 12.1 Å². The summed E-state index contributed by atoms with van der Waals surface area (Å²) in [7, 11) is 0. The van der Waals surface area contributed by atoms with Crippen LogP contribution in [0.4, 0.5) is 0 Å². The molecule has 0 spiro atoms. The summed E-state index contributed by atoms with van der Waals surface area (Å²) in [5.74, 6) is 0.514. The van der Waals surface area contributed by atoms with Crippen LogP contribution in [0.25, 0.3) is 17.1 Å². The third kappa shape index (κ3) is 2.84. The minimum atomic E-state index is -0.953. The van der Waals surface area contributed by atoms with Crippen LogP contribution in [0.2, 0.25) is 0 Å². The molecule has 0 bridgehead atoms. The van der Waals surface area contributed by atoms with Crippen molar-refractivity contribution in [1.82, 2.24) is 9.55 Å². The van der Waals surface area contributed by atoms with Crippen LogP contribution < -0.4 is 0 Å². The molecule has 2 aromatic heterocycles. The normalized spacial score (nSPS) is 16.4. The molecule has 1 unspecified atom stereocenters. The average Bonchev–Trinajstić information content (AvgIpc) is 3.01. The summed E-state index contributed by atoms with van der Waals surface area (Å²) in [6.45, 7) is 2.29. The van der Waals surface area contributed by atoms with Crippen LogP contribution in [0, 0.1) is 5.92 Å². The molecule has 1 atom stereocenters. The number of nitrogens with zero attached hydrogens (tertiary/aromatic N) is 2. The molecular formula is C21H20N2O2. The van der Waals surface area contributed by atoms with Crippen LogP contribution in [-0.2, 0) is 12.8 Å². The van der Waals surface area contributed by atoms with Gasteiger partial charge in [-0.1, -0.05) is 37.3 Å². The molecule has 25 heavy (non-hydrogen) atoms. The van der Waals surface area contributed by atoms with E-state index in [2.05, 4.69) is 34.7 Å². The highest BCUT2D eigenvalue weighted by Crippen LogP contribution is 2.34. The molecule has 2 heterocycles. The molecule has 0 saturated heterocycles. The Bertz CT molecular complexity index is 911. The first-order valence-corrected chi connectivity index (χ1v) is 8.62. The van der Waals surface area contributed by atoms with Gasteiger partial charge in [0.25, 0.3) is 0 Å². The van der Waals surface area contributed by atoms with Crippen molar-refractivity contribution in [3.63, 3.8) is 0 Å². The predicted molar refractivity (Wildman–Crippen MR) is 97.1 cm³/mol. The zero-order chi connectivity index (χ0) is 17.4. The van der Waals surface area contributed by atoms with Gasteiger partial charge in [0, 0.05) is 11.9 Å². The smallest absolute Gasteiger partial charge is 0.337 e. The molecule has 3 aromatic rings. The number of fused-ring (bicyclic) bond motifs is 1. The third-order valence-corrected chi connectivity index (χ3v) is 4.93. The van der Waals surface area contributed by atoms with E-state index in [9.17, 15) is 4.79 Å². The predicted octanol–water partition coefficient (Wildman–Crippen LogP) is 4.36. The molecule has 4 rings (SSSR count). The van der Waals surface area contributed by atoms with E-state index in [0.29, 0.717) is 5.92 Å². The van der Waals surface area contributed by atoms with Gasteiger partial charge in [-0.3, -0.25) is 4.57 Å². The molecule has 126 valence electrons. The molecule has 0 saturated carbocycles. The Morgan fingerprint density at radius 2 is 2.00 bits per heavy atom. The van der Waals surface area contributed by atoms with Gasteiger partial charge in [0.2, 0.25) is 0 Å². The lowest BCUT2D eigenvalue weighted by atomic mass is 9.89. The number of benzene rings is 1. The quantitative estimate of drug-likeness (QED) is 0.775. The fourth-order valence-corrected chi connectivity index (χ4v) is 3.64. The number of aromatic carboxylic acids is 1. The minimum absolute atomic E-state index is 0.208. The number of aromatic nitrogens is 2. The van der Waals surface area contributed by atoms with Gasteiger partial charge in [0.05, 0.1) is 11.3 Å². The van der Waals surface area contributed by atoms with E-state index in [-0.39, 0.29) is 5.56 Å². The zero-order valence-corrected chi connectivity index (χ0v) is 14.1. The number of carboxylic acid groups (broad SMARTS) is 1. The van der Waals surface area contributed by atoms with Gasteiger partial charge in [-0.15, -0.1) is 0 Å². The van der Waals surface area contributed by atoms with Crippen LogP contribution in [0.1, 0.15) is 35.0 Å². The Kier molecular flexibility index (Phi) is 3.88. The Balaban J connectivity index is 1.89. The van der Waals surface area contributed by atoms with E-state index in [4.69, 9.17) is 5.11 Å². The van der Waals surface area contributed by atoms with Crippen LogP contribution in [0.15, 0.2) is 54.7 Å². The Labute approximate surface area is 146 Å². The number of hydrogen-bond donors (Lipinski definition) is 1. The summed E-state index contributed by atoms with van der Waals surface area (Å²) < 4.78 is 2.20. The fraction of sp³-hybridized carbons (Fsp3) is 0.238. The molecule has 0 amide bonds. The highest BCUT2D eigenvalue weighted by atomic mass is 16.4. The van der Waals surface area contributed by atoms with Crippen LogP contribution in [-0.4, -0.2) is 20.6 Å². The lowest BCUT2D eigenvalue weighted by molar-refractivity contribution is 0.0696. The van der Waals surface area contributed by atoms with Crippen LogP contribution >= 0.6 is 0 Å². The Hall–Kier alpha value is -2.88. The lowest BCUT2D eigenvalue weighted by Gasteiger charge is -2.21. The zero-order valence-electron chi connectivity index (χ0n) is 14.1. The largest absolute Gasteiger partial charge is 0.478 e. The van der Waals surface area contributed by atoms with Crippen molar-refractivity contribution in [3.05, 3.63) is 71.5 Å². The van der Waals surface area contributed by atoms with Gasteiger partial charge in [0.1, 0.15) is 5.82 Å². The van der Waals surface area contributed by atoms with Gasteiger partial charge in [-0.05, 0) is 54.5 Å². The van der Waals surface area contributed by atoms with Gasteiger partial charge in [-0.25, -0.2) is 9.78 Å². The van der Waals surface area contributed by atoms with Gasteiger partial charge in [-0.2, -0.15) is 0 Å². The van der Waals surface area contributed by atoms with E-state index in [1.807, 2.05) is 18.2 Å². The second-order valence-electron chi connectivity index (χ2n) is 6.76. The number of carboxylic acids is 1. The van der Waals surface area contributed by atoms with Gasteiger partial charge in [0.15, 0.2) is 0 Å². The van der Waals surface area contributed by atoms with Crippen molar-refractivity contribution in [2.45, 2.75) is 26.2 Å². The number of rotatable bonds is 3. The van der Waals surface area contributed by atoms with E-state index in [1.165, 1.54) is 23.9 Å². The first kappa shape index (κ1) is 15.6. The van der Waals surface area contributed by atoms with Crippen molar-refractivity contribution < 1.29 is 9.90 Å². The molecule has 1 aromatic carbocycles. The van der Waals surface area contributed by atoms with Crippen LogP contribution in [0.5, 0.6) is 0 Å². The monoisotopic (exact) mass is 332 g/mol. The van der Waals surface area contributed by atoms with Crippen molar-refractivity contribution in [3.8, 4) is 17.1 Å². The summed E-state index contributed by atoms with van der Waals surface area (Å²) >= 11 is 0. The third-order valence-electron chi connectivity index (χ3n) is 4.93. The van der Waals surface area contributed by atoms with Crippen LogP contribution in [0.3, 0.4) is 0 Å². The Morgan fingerprint density at radius 3 is 2.68 bits per heavy atom. The van der Waals surface area contributed by atoms with Gasteiger partial charge >= 0.3 is 5.97 Å². The topological polar surface area (TPSA) is 55.1 Å². The first-order valence-electron chi connectivity index (χ1n) is 8.62. The SMILES string of the molecule is CC1CCc2c(cc(-c3ccccc3)n2-c2ccc(C(=O)O)cn2)C1. The maximum atomic E-state index is 11.1. The molecule has 4 nitrogen and oxygen atoms in total. The lowest BCUT2D eigenvalue weighted by Crippen LogP contribution is -2.14. The van der Waals surface area contributed by atoms with E-state index < -0.39 is 5.97 Å². The summed E-state index contributed by atoms with van der Waals surface area (Å²) in [6, 6.07) is 16.0. The molecular weight excluding hydrogens is 312 g/mol. The summed E-state index contributed by atoms with van der Waals surface area (Å²) in [6.07, 6.45) is 4.70. The average molecular weight is 332 g/mol. The molecule has 0 aliphatic heterocycles. The van der Waals surface area contributed by atoms with Crippen molar-refractivity contribution in [2.24, 2.45) is 5.92 Å². The van der Waals surface area contributed by atoms with Crippen molar-refractivity contribution >= 4 is 5.97 Å². The second kappa shape index (κ2) is 6.20. The highest BCUT2D eigenvalue weighted by molar-refractivity contribution is 5.87.